The lowest BCUT2D eigenvalue weighted by Crippen LogP contribution is -2.53. The number of anilines is 1. The molecule has 2 amide bonds. The van der Waals surface area contributed by atoms with Crippen molar-refractivity contribution >= 4 is 39.1 Å². The van der Waals surface area contributed by atoms with Crippen LogP contribution in [0.3, 0.4) is 0 Å². The van der Waals surface area contributed by atoms with Gasteiger partial charge in [-0.15, -0.1) is 0 Å². The average Bonchev–Trinajstić information content (AvgIpc) is 2.99. The number of hydrogen-bond donors (Lipinski definition) is 1. The molecule has 1 N–H and O–H groups in total. The van der Waals surface area contributed by atoms with Crippen molar-refractivity contribution in [3.63, 3.8) is 0 Å². The van der Waals surface area contributed by atoms with E-state index < -0.39 is 28.5 Å². The van der Waals surface area contributed by atoms with E-state index in [0.29, 0.717) is 10.7 Å². The van der Waals surface area contributed by atoms with Crippen LogP contribution in [0.4, 0.5) is 5.69 Å². The van der Waals surface area contributed by atoms with Gasteiger partial charge in [0.25, 0.3) is 10.0 Å². The molecule has 0 bridgehead atoms. The van der Waals surface area contributed by atoms with E-state index in [9.17, 15) is 18.0 Å². The Morgan fingerprint density at radius 3 is 2.12 bits per heavy atom. The smallest absolute Gasteiger partial charge is 0.264 e. The zero-order valence-corrected chi connectivity index (χ0v) is 26.3. The molecule has 0 aromatic heterocycles. The van der Waals surface area contributed by atoms with Gasteiger partial charge in [-0.05, 0) is 79.4 Å². The minimum Gasteiger partial charge on any atom is -0.357 e. The van der Waals surface area contributed by atoms with E-state index in [1.807, 2.05) is 81.4 Å². The molecule has 9 heteroatoms. The Hall–Kier alpha value is -4.14. The number of carbonyl (C=O) groups is 2. The molecule has 7 nitrogen and oxygen atoms in total. The van der Waals surface area contributed by atoms with E-state index >= 15 is 0 Å². The highest BCUT2D eigenvalue weighted by atomic mass is 35.5. The fourth-order valence-electron chi connectivity index (χ4n) is 4.87. The molecular weight excluding hydrogens is 582 g/mol. The molecule has 0 radical (unpaired) electrons. The van der Waals surface area contributed by atoms with Crippen molar-refractivity contribution in [2.45, 2.75) is 44.7 Å². The van der Waals surface area contributed by atoms with Crippen LogP contribution < -0.4 is 9.62 Å². The molecule has 1 atom stereocenters. The fraction of sp³-hybridized carbons (Fsp3) is 0.235. The lowest BCUT2D eigenvalue weighted by Gasteiger charge is -2.33. The summed E-state index contributed by atoms with van der Waals surface area (Å²) in [6.07, 6.45) is 0.256. The van der Waals surface area contributed by atoms with E-state index in [2.05, 4.69) is 5.32 Å². The maximum absolute atomic E-state index is 14.4. The highest BCUT2D eigenvalue weighted by Gasteiger charge is 2.34. The van der Waals surface area contributed by atoms with E-state index in [4.69, 9.17) is 11.6 Å². The van der Waals surface area contributed by atoms with Crippen molar-refractivity contribution in [1.82, 2.24) is 10.2 Å². The standard InChI is InChI=1S/C34H36ClN3O4S/c1-24-9-8-12-28(19-24)22-37(32(34(40)36-4)21-27-10-6-5-7-11-27)33(39)23-38(30-16-13-25(2)26(3)20-30)43(41,42)31-17-14-29(35)15-18-31/h5-20,32H,21-23H2,1-4H3,(H,36,40)/t32-/m1/s1. The quantitative estimate of drug-likeness (QED) is 0.229. The summed E-state index contributed by atoms with van der Waals surface area (Å²) < 4.78 is 29.3. The van der Waals surface area contributed by atoms with Gasteiger partial charge in [0.1, 0.15) is 12.6 Å². The number of likely N-dealkylation sites (N-methyl/N-ethyl adjacent to an activating group) is 1. The Morgan fingerprint density at radius 2 is 1.49 bits per heavy atom. The average molecular weight is 618 g/mol. The van der Waals surface area contributed by atoms with Crippen LogP contribution in [0.15, 0.2) is 102 Å². The second-order valence-corrected chi connectivity index (χ2v) is 12.9. The molecular formula is C34H36ClN3O4S. The Balaban J connectivity index is 1.80. The summed E-state index contributed by atoms with van der Waals surface area (Å²) in [6, 6.07) is 27.4. The number of nitrogens with zero attached hydrogens (tertiary/aromatic N) is 2. The molecule has 0 heterocycles. The van der Waals surface area contributed by atoms with Crippen LogP contribution in [0.25, 0.3) is 0 Å². The predicted molar refractivity (Wildman–Crippen MR) is 172 cm³/mol. The van der Waals surface area contributed by atoms with Crippen LogP contribution in [0, 0.1) is 20.8 Å². The molecule has 0 fully saturated rings. The van der Waals surface area contributed by atoms with Gasteiger partial charge in [0.15, 0.2) is 0 Å². The van der Waals surface area contributed by atoms with Crippen molar-refractivity contribution < 1.29 is 18.0 Å². The van der Waals surface area contributed by atoms with Gasteiger partial charge in [0.05, 0.1) is 10.6 Å². The van der Waals surface area contributed by atoms with Crippen molar-refractivity contribution in [3.05, 3.63) is 130 Å². The number of aryl methyl sites for hydroxylation is 3. The first-order chi connectivity index (χ1) is 20.5. The molecule has 0 aliphatic carbocycles. The molecule has 0 aliphatic heterocycles. The van der Waals surface area contributed by atoms with Gasteiger partial charge in [-0.25, -0.2) is 8.42 Å². The monoisotopic (exact) mass is 617 g/mol. The predicted octanol–water partition coefficient (Wildman–Crippen LogP) is 5.85. The van der Waals surface area contributed by atoms with Crippen LogP contribution >= 0.6 is 11.6 Å². The molecule has 4 aromatic carbocycles. The van der Waals surface area contributed by atoms with Gasteiger partial charge in [0, 0.05) is 25.0 Å². The number of benzene rings is 4. The minimum atomic E-state index is -4.19. The molecule has 4 aromatic rings. The van der Waals surface area contributed by atoms with Gasteiger partial charge in [-0.2, -0.15) is 0 Å². The molecule has 0 spiro atoms. The van der Waals surface area contributed by atoms with Gasteiger partial charge in [0.2, 0.25) is 11.8 Å². The largest absolute Gasteiger partial charge is 0.357 e. The van der Waals surface area contributed by atoms with E-state index in [0.717, 1.165) is 32.1 Å². The molecule has 0 unspecified atom stereocenters. The third kappa shape index (κ3) is 7.83. The maximum atomic E-state index is 14.4. The van der Waals surface area contributed by atoms with E-state index in [-0.39, 0.29) is 23.8 Å². The summed E-state index contributed by atoms with van der Waals surface area (Å²) in [4.78, 5) is 29.2. The van der Waals surface area contributed by atoms with Gasteiger partial charge >= 0.3 is 0 Å². The van der Waals surface area contributed by atoms with Crippen LogP contribution in [-0.2, 0) is 32.6 Å². The highest BCUT2D eigenvalue weighted by Crippen LogP contribution is 2.27. The lowest BCUT2D eigenvalue weighted by molar-refractivity contribution is -0.139. The third-order valence-corrected chi connectivity index (χ3v) is 9.45. The summed E-state index contributed by atoms with van der Waals surface area (Å²) in [7, 11) is -2.66. The Morgan fingerprint density at radius 1 is 0.814 bits per heavy atom. The normalized spacial score (nSPS) is 11.9. The first-order valence-electron chi connectivity index (χ1n) is 14.0. The summed E-state index contributed by atoms with van der Waals surface area (Å²) >= 11 is 6.05. The molecule has 0 aliphatic rings. The summed E-state index contributed by atoms with van der Waals surface area (Å²) in [5.41, 5.74) is 4.92. The Labute approximate surface area is 259 Å². The molecule has 0 saturated heterocycles. The van der Waals surface area contributed by atoms with Crippen LogP contribution in [-0.4, -0.2) is 44.8 Å². The fourth-order valence-corrected chi connectivity index (χ4v) is 6.40. The third-order valence-electron chi connectivity index (χ3n) is 7.41. The van der Waals surface area contributed by atoms with Crippen molar-refractivity contribution in [2.75, 3.05) is 17.9 Å². The summed E-state index contributed by atoms with van der Waals surface area (Å²) in [6.45, 7) is 5.38. The maximum Gasteiger partial charge on any atom is 0.264 e. The number of rotatable bonds is 11. The van der Waals surface area contributed by atoms with Crippen molar-refractivity contribution in [3.8, 4) is 0 Å². The first kappa shape index (κ1) is 31.8. The highest BCUT2D eigenvalue weighted by molar-refractivity contribution is 7.92. The summed E-state index contributed by atoms with van der Waals surface area (Å²) in [5.74, 6) is -0.857. The van der Waals surface area contributed by atoms with Crippen LogP contribution in [0.2, 0.25) is 5.02 Å². The number of halogens is 1. The van der Waals surface area contributed by atoms with Crippen molar-refractivity contribution in [2.24, 2.45) is 0 Å². The minimum absolute atomic E-state index is 0.000277. The number of nitrogens with one attached hydrogen (secondary N) is 1. The van der Waals surface area contributed by atoms with Crippen LogP contribution in [0.1, 0.15) is 27.8 Å². The Bertz CT molecular complexity index is 1690. The number of amides is 2. The Kier molecular flexibility index (Phi) is 10.3. The topological polar surface area (TPSA) is 86.8 Å². The first-order valence-corrected chi connectivity index (χ1v) is 15.8. The van der Waals surface area contributed by atoms with Gasteiger partial charge < -0.3 is 10.2 Å². The zero-order chi connectivity index (χ0) is 31.1. The van der Waals surface area contributed by atoms with Gasteiger partial charge in [-0.3, -0.25) is 13.9 Å². The number of hydrogen-bond acceptors (Lipinski definition) is 4. The zero-order valence-electron chi connectivity index (χ0n) is 24.7. The van der Waals surface area contributed by atoms with Gasteiger partial charge in [-0.1, -0.05) is 77.8 Å². The van der Waals surface area contributed by atoms with E-state index in [1.54, 1.807) is 12.1 Å². The second-order valence-electron chi connectivity index (χ2n) is 10.6. The van der Waals surface area contributed by atoms with Crippen molar-refractivity contribution in [1.29, 1.82) is 0 Å². The molecule has 43 heavy (non-hydrogen) atoms. The number of sulfonamides is 1. The lowest BCUT2D eigenvalue weighted by atomic mass is 10.0. The molecule has 224 valence electrons. The summed E-state index contributed by atoms with van der Waals surface area (Å²) in [5, 5.41) is 3.10. The molecule has 4 rings (SSSR count). The SMILES string of the molecule is CNC(=O)[C@@H](Cc1ccccc1)N(Cc1cccc(C)c1)C(=O)CN(c1ccc(C)c(C)c1)S(=O)(=O)c1ccc(Cl)cc1. The van der Waals surface area contributed by atoms with Crippen LogP contribution in [0.5, 0.6) is 0 Å². The molecule has 0 saturated carbocycles. The number of carbonyl (C=O) groups excluding carboxylic acids is 2. The second kappa shape index (κ2) is 13.9. The van der Waals surface area contributed by atoms with E-state index in [1.165, 1.54) is 36.2 Å².